The summed E-state index contributed by atoms with van der Waals surface area (Å²) in [4.78, 5) is 19.0. The largest absolute Gasteiger partial charge is 0.487 e. The highest BCUT2D eigenvalue weighted by Gasteiger charge is 2.07. The number of aryl methyl sites for hydroxylation is 1. The van der Waals surface area contributed by atoms with Crippen molar-refractivity contribution in [3.8, 4) is 5.75 Å². The number of pyridine rings is 1. The van der Waals surface area contributed by atoms with Crippen molar-refractivity contribution >= 4 is 27.4 Å². The lowest BCUT2D eigenvalue weighted by Gasteiger charge is -2.10. The van der Waals surface area contributed by atoms with Gasteiger partial charge in [-0.2, -0.15) is 0 Å². The van der Waals surface area contributed by atoms with Gasteiger partial charge in [0.05, 0.1) is 17.6 Å². The molecule has 0 bridgehead atoms. The molecular formula is C16H13BrN2O2. The molecule has 1 aromatic carbocycles. The van der Waals surface area contributed by atoms with Gasteiger partial charge in [-0.25, -0.2) is 4.85 Å². The van der Waals surface area contributed by atoms with E-state index in [1.165, 1.54) is 6.20 Å². The average molecular weight is 345 g/mol. The number of ketones is 1. The molecule has 0 aliphatic rings. The van der Waals surface area contributed by atoms with Gasteiger partial charge in [-0.3, -0.25) is 9.78 Å². The van der Waals surface area contributed by atoms with Gasteiger partial charge in [0.25, 0.3) is 0 Å². The van der Waals surface area contributed by atoms with E-state index in [0.29, 0.717) is 23.2 Å². The minimum Gasteiger partial charge on any atom is -0.487 e. The van der Waals surface area contributed by atoms with Gasteiger partial charge >= 0.3 is 0 Å². The van der Waals surface area contributed by atoms with Crippen LogP contribution >= 0.6 is 15.9 Å². The second kappa shape index (κ2) is 7.00. The van der Waals surface area contributed by atoms with Crippen molar-refractivity contribution in [3.05, 3.63) is 64.8 Å². The predicted octanol–water partition coefficient (Wildman–Crippen LogP) is 4.10. The van der Waals surface area contributed by atoms with Gasteiger partial charge < -0.3 is 4.74 Å². The fourth-order valence-electron chi connectivity index (χ4n) is 1.78. The van der Waals surface area contributed by atoms with Crippen LogP contribution in [0.1, 0.15) is 21.6 Å². The van der Waals surface area contributed by atoms with Gasteiger partial charge in [0.1, 0.15) is 12.4 Å². The molecule has 0 radical (unpaired) electrons. The number of Topliss-reactive ketones (excluding diaryl/α,β-unsaturated/α-hetero) is 1. The third-order valence-corrected chi connectivity index (χ3v) is 3.44. The molecule has 0 spiro atoms. The molecule has 106 valence electrons. The molecule has 4 nitrogen and oxygen atoms in total. The van der Waals surface area contributed by atoms with Gasteiger partial charge in [-0.1, -0.05) is 22.0 Å². The smallest absolute Gasteiger partial charge is 0.205 e. The highest BCUT2D eigenvalue weighted by atomic mass is 79.9. The lowest BCUT2D eigenvalue weighted by atomic mass is 10.1. The second-order valence-electron chi connectivity index (χ2n) is 4.45. The van der Waals surface area contributed by atoms with Crippen LogP contribution in [0.15, 0.2) is 36.5 Å². The van der Waals surface area contributed by atoms with Crippen molar-refractivity contribution in [2.45, 2.75) is 13.5 Å². The number of alkyl halides is 1. The summed E-state index contributed by atoms with van der Waals surface area (Å²) in [6, 6.07) is 8.84. The van der Waals surface area contributed by atoms with Crippen LogP contribution in [0.25, 0.3) is 4.85 Å². The Hall–Kier alpha value is -2.19. The standard InChI is InChI=1S/C16H13BrN2O2/c1-11-7-12(15(20)8-17)3-6-16(11)21-10-14-5-4-13(18-2)9-19-14/h3-7,9H,8,10H2,1H3. The quantitative estimate of drug-likeness (QED) is 0.466. The van der Waals surface area contributed by atoms with Crippen LogP contribution in [0.2, 0.25) is 0 Å². The maximum atomic E-state index is 11.6. The fourth-order valence-corrected chi connectivity index (χ4v) is 2.11. The molecule has 0 aliphatic heterocycles. The first-order valence-corrected chi connectivity index (χ1v) is 7.41. The van der Waals surface area contributed by atoms with Gasteiger partial charge in [0.2, 0.25) is 5.69 Å². The molecule has 0 unspecified atom stereocenters. The van der Waals surface area contributed by atoms with Crippen molar-refractivity contribution in [1.29, 1.82) is 0 Å². The predicted molar refractivity (Wildman–Crippen MR) is 84.1 cm³/mol. The Morgan fingerprint density at radius 1 is 1.38 bits per heavy atom. The highest BCUT2D eigenvalue weighted by Crippen LogP contribution is 2.21. The monoisotopic (exact) mass is 344 g/mol. The van der Waals surface area contributed by atoms with E-state index in [0.717, 1.165) is 17.0 Å². The molecule has 0 saturated carbocycles. The van der Waals surface area contributed by atoms with Gasteiger partial charge in [-0.15, -0.1) is 0 Å². The Morgan fingerprint density at radius 2 is 2.19 bits per heavy atom. The Kier molecular flexibility index (Phi) is 5.07. The van der Waals surface area contributed by atoms with E-state index in [1.807, 2.05) is 13.0 Å². The number of hydrogen-bond donors (Lipinski definition) is 0. The summed E-state index contributed by atoms with van der Waals surface area (Å²) in [7, 11) is 0. The van der Waals surface area contributed by atoms with E-state index in [9.17, 15) is 4.79 Å². The molecular weight excluding hydrogens is 332 g/mol. The molecule has 0 atom stereocenters. The number of ether oxygens (including phenoxy) is 1. The Labute approximate surface area is 131 Å². The zero-order chi connectivity index (χ0) is 15.2. The van der Waals surface area contributed by atoms with Crippen molar-refractivity contribution < 1.29 is 9.53 Å². The maximum absolute atomic E-state index is 11.6. The molecule has 21 heavy (non-hydrogen) atoms. The molecule has 1 heterocycles. The lowest BCUT2D eigenvalue weighted by molar-refractivity contribution is 0.102. The molecule has 2 aromatic rings. The van der Waals surface area contributed by atoms with Crippen LogP contribution in [0.3, 0.4) is 0 Å². The zero-order valence-corrected chi connectivity index (χ0v) is 13.1. The molecule has 0 fully saturated rings. The SMILES string of the molecule is [C-]#[N+]c1ccc(COc2ccc(C(=O)CBr)cc2C)nc1. The molecule has 0 amide bonds. The normalized spacial score (nSPS) is 9.95. The van der Waals surface area contributed by atoms with E-state index in [2.05, 4.69) is 25.8 Å². The summed E-state index contributed by atoms with van der Waals surface area (Å²) in [5.74, 6) is 0.762. The Morgan fingerprint density at radius 3 is 2.76 bits per heavy atom. The topological polar surface area (TPSA) is 43.5 Å². The van der Waals surface area contributed by atoms with Gasteiger partial charge in [-0.05, 0) is 36.8 Å². The molecule has 0 saturated heterocycles. The number of hydrogen-bond acceptors (Lipinski definition) is 3. The first kappa shape index (κ1) is 15.2. The van der Waals surface area contributed by atoms with Crippen LogP contribution < -0.4 is 4.74 Å². The van der Waals surface area contributed by atoms with E-state index >= 15 is 0 Å². The van der Waals surface area contributed by atoms with Crippen LogP contribution in [0.5, 0.6) is 5.75 Å². The van der Waals surface area contributed by atoms with Crippen molar-refractivity contribution in [2.24, 2.45) is 0 Å². The molecule has 0 aliphatic carbocycles. The average Bonchev–Trinajstić information content (AvgIpc) is 2.53. The van der Waals surface area contributed by atoms with E-state index in [1.54, 1.807) is 24.3 Å². The maximum Gasteiger partial charge on any atom is 0.205 e. The third-order valence-electron chi connectivity index (χ3n) is 2.93. The summed E-state index contributed by atoms with van der Waals surface area (Å²) in [5.41, 5.74) is 2.82. The Balaban J connectivity index is 2.06. The molecule has 5 heteroatoms. The molecule has 1 aromatic heterocycles. The summed E-state index contributed by atoms with van der Waals surface area (Å²) < 4.78 is 5.70. The third kappa shape index (κ3) is 3.89. The number of rotatable bonds is 5. The first-order valence-electron chi connectivity index (χ1n) is 6.29. The number of carbonyl (C=O) groups excluding carboxylic acids is 1. The number of carbonyl (C=O) groups is 1. The Bertz CT molecular complexity index is 690. The van der Waals surface area contributed by atoms with Crippen molar-refractivity contribution in [1.82, 2.24) is 4.98 Å². The van der Waals surface area contributed by atoms with Crippen LogP contribution in [0.4, 0.5) is 5.69 Å². The summed E-state index contributed by atoms with van der Waals surface area (Å²) >= 11 is 3.16. The second-order valence-corrected chi connectivity index (χ2v) is 5.01. The van der Waals surface area contributed by atoms with E-state index in [-0.39, 0.29) is 5.78 Å². The lowest BCUT2D eigenvalue weighted by Crippen LogP contribution is -2.02. The highest BCUT2D eigenvalue weighted by molar-refractivity contribution is 9.09. The number of nitrogens with zero attached hydrogens (tertiary/aromatic N) is 2. The molecule has 0 N–H and O–H groups in total. The van der Waals surface area contributed by atoms with Gasteiger partial charge in [0, 0.05) is 11.8 Å². The van der Waals surface area contributed by atoms with Gasteiger partial charge in [0.15, 0.2) is 5.78 Å². The van der Waals surface area contributed by atoms with Crippen LogP contribution in [-0.2, 0) is 6.61 Å². The molecule has 2 rings (SSSR count). The minimum atomic E-state index is 0.0426. The first-order chi connectivity index (χ1) is 10.1. The summed E-state index contributed by atoms with van der Waals surface area (Å²) in [5, 5.41) is 0.309. The van der Waals surface area contributed by atoms with Crippen LogP contribution in [-0.4, -0.2) is 16.1 Å². The summed E-state index contributed by atoms with van der Waals surface area (Å²) in [6.07, 6.45) is 1.52. The minimum absolute atomic E-state index is 0.0426. The number of halogens is 1. The van der Waals surface area contributed by atoms with Crippen LogP contribution in [0, 0.1) is 13.5 Å². The number of benzene rings is 1. The number of aromatic nitrogens is 1. The van der Waals surface area contributed by atoms with Crippen molar-refractivity contribution in [3.63, 3.8) is 0 Å². The van der Waals surface area contributed by atoms with Crippen molar-refractivity contribution in [2.75, 3.05) is 5.33 Å². The van der Waals surface area contributed by atoms with E-state index < -0.39 is 0 Å². The fraction of sp³-hybridized carbons (Fsp3) is 0.188. The van der Waals surface area contributed by atoms with E-state index in [4.69, 9.17) is 11.3 Å². The zero-order valence-electron chi connectivity index (χ0n) is 11.5. The summed E-state index contributed by atoms with van der Waals surface area (Å²) in [6.45, 7) is 9.10.